The van der Waals surface area contributed by atoms with E-state index in [1.54, 1.807) is 11.3 Å². The summed E-state index contributed by atoms with van der Waals surface area (Å²) in [6, 6.07) is 4.29. The Kier molecular flexibility index (Phi) is 4.69. The minimum absolute atomic E-state index is 0.148. The van der Waals surface area contributed by atoms with Gasteiger partial charge >= 0.3 is 5.97 Å². The molecule has 2 rings (SSSR count). The van der Waals surface area contributed by atoms with Crippen molar-refractivity contribution in [3.8, 4) is 0 Å². The molecule has 3 nitrogen and oxygen atoms in total. The molecule has 0 aromatic carbocycles. The van der Waals surface area contributed by atoms with E-state index < -0.39 is 5.41 Å². The lowest BCUT2D eigenvalue weighted by Crippen LogP contribution is -2.38. The maximum Gasteiger partial charge on any atom is 0.330 e. The summed E-state index contributed by atoms with van der Waals surface area (Å²) in [6.45, 7) is 7.28. The van der Waals surface area contributed by atoms with Crippen molar-refractivity contribution in [3.05, 3.63) is 20.8 Å². The second-order valence-electron chi connectivity index (χ2n) is 5.97. The van der Waals surface area contributed by atoms with E-state index in [4.69, 9.17) is 4.84 Å². The molecule has 1 aliphatic heterocycles. The number of rotatable bonds is 2. The first kappa shape index (κ1) is 15.0. The van der Waals surface area contributed by atoms with E-state index in [9.17, 15) is 4.79 Å². The van der Waals surface area contributed by atoms with E-state index in [1.807, 2.05) is 25.8 Å². The quantitative estimate of drug-likeness (QED) is 0.804. The number of hydrogen-bond acceptors (Lipinski definition) is 4. The molecule has 106 valence electrons. The van der Waals surface area contributed by atoms with Crippen molar-refractivity contribution in [2.45, 2.75) is 39.5 Å². The molecule has 19 heavy (non-hydrogen) atoms. The van der Waals surface area contributed by atoms with Gasteiger partial charge in [-0.05, 0) is 67.6 Å². The van der Waals surface area contributed by atoms with Gasteiger partial charge in [-0.25, -0.2) is 4.79 Å². The normalized spacial score (nSPS) is 18.5. The molecule has 5 heteroatoms. The van der Waals surface area contributed by atoms with Crippen molar-refractivity contribution in [2.75, 3.05) is 13.1 Å². The molecule has 0 unspecified atom stereocenters. The third kappa shape index (κ3) is 4.04. The van der Waals surface area contributed by atoms with Gasteiger partial charge in [-0.1, -0.05) is 0 Å². The molecule has 1 aromatic rings. The van der Waals surface area contributed by atoms with E-state index in [0.717, 1.165) is 25.9 Å². The van der Waals surface area contributed by atoms with E-state index in [1.165, 1.54) is 8.66 Å². The Labute approximate surface area is 127 Å². The SMILES string of the molecule is CC(C)(C)C(=O)ON1CCC(c2ccc(Br)s2)CC1. The smallest absolute Gasteiger partial charge is 0.330 e. The van der Waals surface area contributed by atoms with Crippen molar-refractivity contribution in [3.63, 3.8) is 0 Å². The molecular formula is C14H20BrNO2S. The molecule has 0 amide bonds. The fourth-order valence-electron chi connectivity index (χ4n) is 2.03. The molecule has 1 fully saturated rings. The number of hydrogen-bond donors (Lipinski definition) is 0. The van der Waals surface area contributed by atoms with Gasteiger partial charge in [0, 0.05) is 18.0 Å². The number of piperidine rings is 1. The van der Waals surface area contributed by atoms with Gasteiger partial charge in [-0.3, -0.25) is 0 Å². The second-order valence-corrected chi connectivity index (χ2v) is 8.47. The minimum Gasteiger partial charge on any atom is -0.367 e. The number of nitrogens with zero attached hydrogens (tertiary/aromatic N) is 1. The lowest BCUT2D eigenvalue weighted by molar-refractivity contribution is -0.204. The Hall–Kier alpha value is -0.390. The van der Waals surface area contributed by atoms with Crippen LogP contribution in [0.1, 0.15) is 44.4 Å². The molecule has 0 spiro atoms. The number of halogens is 1. The van der Waals surface area contributed by atoms with Crippen molar-refractivity contribution >= 4 is 33.2 Å². The Morgan fingerprint density at radius 3 is 2.47 bits per heavy atom. The summed E-state index contributed by atoms with van der Waals surface area (Å²) < 4.78 is 1.18. The zero-order chi connectivity index (χ0) is 14.0. The predicted octanol–water partition coefficient (Wildman–Crippen LogP) is 4.19. The third-order valence-corrected chi connectivity index (χ3v) is 5.06. The molecule has 2 heterocycles. The van der Waals surface area contributed by atoms with Crippen molar-refractivity contribution in [1.82, 2.24) is 5.06 Å². The van der Waals surface area contributed by atoms with Crippen LogP contribution in [-0.4, -0.2) is 24.1 Å². The lowest BCUT2D eigenvalue weighted by atomic mass is 9.96. The van der Waals surface area contributed by atoms with Crippen LogP contribution in [-0.2, 0) is 9.63 Å². The average molecular weight is 346 g/mol. The van der Waals surface area contributed by atoms with E-state index in [-0.39, 0.29) is 5.97 Å². The fraction of sp³-hybridized carbons (Fsp3) is 0.643. The Balaban J connectivity index is 1.84. The van der Waals surface area contributed by atoms with Crippen LogP contribution >= 0.6 is 27.3 Å². The third-order valence-electron chi connectivity index (χ3n) is 3.27. The Bertz CT molecular complexity index is 445. The summed E-state index contributed by atoms with van der Waals surface area (Å²) in [5.41, 5.74) is -0.435. The van der Waals surface area contributed by atoms with Crippen LogP contribution < -0.4 is 0 Å². The number of carbonyl (C=O) groups excluding carboxylic acids is 1. The molecule has 0 N–H and O–H groups in total. The number of carbonyl (C=O) groups is 1. The van der Waals surface area contributed by atoms with Crippen LogP contribution in [0.15, 0.2) is 15.9 Å². The summed E-state index contributed by atoms with van der Waals surface area (Å²) in [4.78, 5) is 18.7. The number of hydroxylamine groups is 2. The fourth-order valence-corrected chi connectivity index (χ4v) is 3.63. The summed E-state index contributed by atoms with van der Waals surface area (Å²) in [5, 5.41) is 1.81. The molecule has 0 bridgehead atoms. The summed E-state index contributed by atoms with van der Waals surface area (Å²) >= 11 is 5.31. The molecule has 1 saturated heterocycles. The van der Waals surface area contributed by atoms with Crippen LogP contribution in [0.2, 0.25) is 0 Å². The maximum atomic E-state index is 11.8. The van der Waals surface area contributed by atoms with Crippen LogP contribution in [0.5, 0.6) is 0 Å². The van der Waals surface area contributed by atoms with E-state index in [0.29, 0.717) is 5.92 Å². The Morgan fingerprint density at radius 2 is 2.00 bits per heavy atom. The monoisotopic (exact) mass is 345 g/mol. The zero-order valence-corrected chi connectivity index (χ0v) is 14.0. The van der Waals surface area contributed by atoms with Gasteiger partial charge in [-0.2, -0.15) is 0 Å². The summed E-state index contributed by atoms with van der Waals surface area (Å²) in [7, 11) is 0. The second kappa shape index (κ2) is 5.94. The molecule has 0 saturated carbocycles. The molecule has 0 radical (unpaired) electrons. The molecule has 1 aromatic heterocycles. The van der Waals surface area contributed by atoms with Gasteiger partial charge in [0.25, 0.3) is 0 Å². The van der Waals surface area contributed by atoms with Gasteiger partial charge < -0.3 is 4.84 Å². The molecule has 0 aliphatic carbocycles. The van der Waals surface area contributed by atoms with Crippen LogP contribution in [0.3, 0.4) is 0 Å². The summed E-state index contributed by atoms with van der Waals surface area (Å²) in [6.07, 6.45) is 2.09. The van der Waals surface area contributed by atoms with Gasteiger partial charge in [-0.15, -0.1) is 16.4 Å². The highest BCUT2D eigenvalue weighted by Gasteiger charge is 2.29. The van der Waals surface area contributed by atoms with E-state index in [2.05, 4.69) is 28.1 Å². The van der Waals surface area contributed by atoms with Crippen LogP contribution in [0.25, 0.3) is 0 Å². The summed E-state index contributed by atoms with van der Waals surface area (Å²) in [5.74, 6) is 0.450. The van der Waals surface area contributed by atoms with Crippen molar-refractivity contribution < 1.29 is 9.63 Å². The standard InChI is InChI=1S/C14H20BrNO2S/c1-14(2,3)13(17)18-16-8-6-10(7-9-16)11-4-5-12(15)19-11/h4-5,10H,6-9H2,1-3H3. The highest BCUT2D eigenvalue weighted by Crippen LogP contribution is 2.35. The predicted molar refractivity (Wildman–Crippen MR) is 81.1 cm³/mol. The largest absolute Gasteiger partial charge is 0.367 e. The van der Waals surface area contributed by atoms with Gasteiger partial charge in [0.1, 0.15) is 0 Å². The van der Waals surface area contributed by atoms with Crippen LogP contribution in [0.4, 0.5) is 0 Å². The topological polar surface area (TPSA) is 29.5 Å². The van der Waals surface area contributed by atoms with Gasteiger partial charge in [0.15, 0.2) is 0 Å². The average Bonchev–Trinajstić information content (AvgIpc) is 2.75. The molecule has 0 atom stereocenters. The van der Waals surface area contributed by atoms with Crippen LogP contribution in [0, 0.1) is 5.41 Å². The first-order valence-electron chi connectivity index (χ1n) is 6.59. The van der Waals surface area contributed by atoms with E-state index >= 15 is 0 Å². The number of thiophene rings is 1. The van der Waals surface area contributed by atoms with Crippen molar-refractivity contribution in [1.29, 1.82) is 0 Å². The first-order chi connectivity index (χ1) is 8.86. The van der Waals surface area contributed by atoms with Gasteiger partial charge in [0.2, 0.25) is 0 Å². The molecular weight excluding hydrogens is 326 g/mol. The maximum absolute atomic E-state index is 11.8. The van der Waals surface area contributed by atoms with Gasteiger partial charge in [0.05, 0.1) is 9.20 Å². The lowest BCUT2D eigenvalue weighted by Gasteiger charge is -2.31. The zero-order valence-electron chi connectivity index (χ0n) is 11.6. The minimum atomic E-state index is -0.435. The molecule has 1 aliphatic rings. The first-order valence-corrected chi connectivity index (χ1v) is 8.20. The Morgan fingerprint density at radius 1 is 1.37 bits per heavy atom. The highest BCUT2D eigenvalue weighted by atomic mass is 79.9. The highest BCUT2D eigenvalue weighted by molar-refractivity contribution is 9.11. The van der Waals surface area contributed by atoms with Crippen molar-refractivity contribution in [2.24, 2.45) is 5.41 Å².